The molecule has 0 bridgehead atoms. The van der Waals surface area contributed by atoms with Crippen molar-refractivity contribution in [3.63, 3.8) is 0 Å². The van der Waals surface area contributed by atoms with Gasteiger partial charge in [0.1, 0.15) is 6.04 Å². The summed E-state index contributed by atoms with van der Waals surface area (Å²) in [5.41, 5.74) is 1.72. The summed E-state index contributed by atoms with van der Waals surface area (Å²) in [5.74, 6) is -0.737. The molecule has 3 unspecified atom stereocenters. The van der Waals surface area contributed by atoms with Crippen molar-refractivity contribution in [2.75, 3.05) is 6.54 Å². The lowest BCUT2D eigenvalue weighted by Crippen LogP contribution is -2.41. The fourth-order valence-corrected chi connectivity index (χ4v) is 3.93. The molecule has 4 rings (SSSR count). The van der Waals surface area contributed by atoms with Crippen LogP contribution < -0.4 is 10.6 Å². The van der Waals surface area contributed by atoms with Gasteiger partial charge in [0.05, 0.1) is 29.4 Å². The predicted octanol–water partition coefficient (Wildman–Crippen LogP) is 3.76. The minimum absolute atomic E-state index is 0.139. The van der Waals surface area contributed by atoms with Crippen molar-refractivity contribution in [1.82, 2.24) is 30.2 Å². The molecule has 2 aromatic heterocycles. The maximum atomic E-state index is 13.1. The molecule has 0 saturated heterocycles. The van der Waals surface area contributed by atoms with Crippen molar-refractivity contribution in [2.24, 2.45) is 7.05 Å². The van der Waals surface area contributed by atoms with Crippen molar-refractivity contribution in [3.8, 4) is 0 Å². The third-order valence-corrected chi connectivity index (χ3v) is 6.13. The summed E-state index contributed by atoms with van der Waals surface area (Å²) in [6, 6.07) is 13.0. The van der Waals surface area contributed by atoms with E-state index >= 15 is 0 Å². The summed E-state index contributed by atoms with van der Waals surface area (Å²) in [4.78, 5) is 25.9. The molecule has 0 radical (unpaired) electrons. The number of carbonyl (C=O) groups is 2. The monoisotopic (exact) mass is 478 g/mol. The van der Waals surface area contributed by atoms with Gasteiger partial charge < -0.3 is 10.6 Å². The fraction of sp³-hybridized carbons (Fsp3) is 0.280. The van der Waals surface area contributed by atoms with Crippen LogP contribution in [0.2, 0.25) is 5.02 Å². The molecule has 0 aliphatic rings. The molecular formula is C25H27ClN6O2. The van der Waals surface area contributed by atoms with E-state index in [2.05, 4.69) is 20.8 Å². The van der Waals surface area contributed by atoms with E-state index in [4.69, 9.17) is 11.6 Å². The number of hydrogen-bond acceptors (Lipinski definition) is 4. The molecule has 4 aromatic rings. The highest BCUT2D eigenvalue weighted by Crippen LogP contribution is 2.22. The van der Waals surface area contributed by atoms with Crippen LogP contribution in [0, 0.1) is 0 Å². The molecule has 9 heteroatoms. The van der Waals surface area contributed by atoms with E-state index in [1.54, 1.807) is 24.0 Å². The zero-order valence-corrected chi connectivity index (χ0v) is 20.0. The average molecular weight is 479 g/mol. The molecule has 34 heavy (non-hydrogen) atoms. The summed E-state index contributed by atoms with van der Waals surface area (Å²) in [5, 5.41) is 17.0. The van der Waals surface area contributed by atoms with E-state index in [0.717, 1.165) is 21.9 Å². The number of nitrogens with zero attached hydrogens (tertiary/aromatic N) is 4. The first-order valence-electron chi connectivity index (χ1n) is 11.1. The Morgan fingerprint density at radius 1 is 0.971 bits per heavy atom. The number of carbonyl (C=O) groups excluding carboxylic acids is 2. The molecule has 0 spiro atoms. The first-order valence-corrected chi connectivity index (χ1v) is 11.4. The van der Waals surface area contributed by atoms with Crippen LogP contribution in [0.1, 0.15) is 43.0 Å². The summed E-state index contributed by atoms with van der Waals surface area (Å²) >= 11 is 5.96. The lowest BCUT2D eigenvalue weighted by molar-refractivity contribution is -0.126. The highest BCUT2D eigenvalue weighted by Gasteiger charge is 2.23. The SMILES string of the molecule is CC(C(=O)NCC(NC(=O)C(C)n1cc(Cl)cn1)c1ccc2ccccc2c1)c1cnn(C)c1. The number of halogens is 1. The Hall–Kier alpha value is -3.65. The highest BCUT2D eigenvalue weighted by molar-refractivity contribution is 6.30. The lowest BCUT2D eigenvalue weighted by atomic mass is 10.0. The Labute approximate surface area is 202 Å². The second-order valence-corrected chi connectivity index (χ2v) is 8.83. The summed E-state index contributed by atoms with van der Waals surface area (Å²) in [6.07, 6.45) is 6.61. The highest BCUT2D eigenvalue weighted by atomic mass is 35.5. The molecule has 2 heterocycles. The minimum Gasteiger partial charge on any atom is -0.353 e. The molecule has 2 amide bonds. The van der Waals surface area contributed by atoms with Crippen LogP contribution >= 0.6 is 11.6 Å². The Balaban J connectivity index is 1.54. The number of benzene rings is 2. The van der Waals surface area contributed by atoms with Crippen LogP contribution in [-0.4, -0.2) is 37.9 Å². The minimum atomic E-state index is -0.569. The molecule has 3 atom stereocenters. The molecule has 0 aliphatic heterocycles. The molecular weight excluding hydrogens is 452 g/mol. The van der Waals surface area contributed by atoms with Gasteiger partial charge in [-0.15, -0.1) is 0 Å². The quantitative estimate of drug-likeness (QED) is 0.403. The van der Waals surface area contributed by atoms with Crippen molar-refractivity contribution in [2.45, 2.75) is 31.8 Å². The number of nitrogens with one attached hydrogen (secondary N) is 2. The van der Waals surface area contributed by atoms with Gasteiger partial charge in [-0.3, -0.25) is 19.0 Å². The van der Waals surface area contributed by atoms with Gasteiger partial charge in [-0.25, -0.2) is 0 Å². The summed E-state index contributed by atoms with van der Waals surface area (Å²) in [7, 11) is 1.81. The number of hydrogen-bond donors (Lipinski definition) is 2. The van der Waals surface area contributed by atoms with Crippen molar-refractivity contribution in [1.29, 1.82) is 0 Å². The smallest absolute Gasteiger partial charge is 0.245 e. The molecule has 2 aromatic carbocycles. The van der Waals surface area contributed by atoms with Gasteiger partial charge in [0.15, 0.2) is 0 Å². The first-order chi connectivity index (χ1) is 16.3. The largest absolute Gasteiger partial charge is 0.353 e. The van der Waals surface area contributed by atoms with Crippen LogP contribution in [0.4, 0.5) is 0 Å². The average Bonchev–Trinajstić information content (AvgIpc) is 3.48. The summed E-state index contributed by atoms with van der Waals surface area (Å²) < 4.78 is 3.18. The van der Waals surface area contributed by atoms with Crippen molar-refractivity contribution >= 4 is 34.2 Å². The van der Waals surface area contributed by atoms with Crippen LogP contribution in [-0.2, 0) is 16.6 Å². The zero-order chi connectivity index (χ0) is 24.2. The third-order valence-electron chi connectivity index (χ3n) is 5.94. The van der Waals surface area contributed by atoms with Crippen molar-refractivity contribution < 1.29 is 9.59 Å². The molecule has 0 fully saturated rings. The number of aryl methyl sites for hydroxylation is 1. The molecule has 176 valence electrons. The van der Waals surface area contributed by atoms with Crippen LogP contribution in [0.5, 0.6) is 0 Å². The van der Waals surface area contributed by atoms with E-state index < -0.39 is 12.1 Å². The van der Waals surface area contributed by atoms with Gasteiger partial charge in [0, 0.05) is 31.5 Å². The van der Waals surface area contributed by atoms with Gasteiger partial charge in [-0.05, 0) is 36.2 Å². The van der Waals surface area contributed by atoms with E-state index in [0.29, 0.717) is 5.02 Å². The van der Waals surface area contributed by atoms with Crippen LogP contribution in [0.25, 0.3) is 10.8 Å². The first kappa shape index (κ1) is 23.5. The Kier molecular flexibility index (Phi) is 6.98. The van der Waals surface area contributed by atoms with E-state index in [9.17, 15) is 9.59 Å². The van der Waals surface area contributed by atoms with Gasteiger partial charge >= 0.3 is 0 Å². The van der Waals surface area contributed by atoms with Gasteiger partial charge in [0.2, 0.25) is 11.8 Å². The third kappa shape index (κ3) is 5.28. The van der Waals surface area contributed by atoms with Gasteiger partial charge in [0.25, 0.3) is 0 Å². The lowest BCUT2D eigenvalue weighted by Gasteiger charge is -2.23. The topological polar surface area (TPSA) is 93.8 Å². The molecule has 8 nitrogen and oxygen atoms in total. The van der Waals surface area contributed by atoms with Crippen LogP contribution in [0.15, 0.2) is 67.3 Å². The number of amides is 2. The second kappa shape index (κ2) is 10.1. The van der Waals surface area contributed by atoms with Crippen molar-refractivity contribution in [3.05, 3.63) is 83.4 Å². The molecule has 0 aliphatic carbocycles. The zero-order valence-electron chi connectivity index (χ0n) is 19.3. The standard InChI is InChI=1S/C25H27ClN6O2/c1-16(21-11-28-31(3)14-21)24(33)27-13-23(20-9-8-18-6-4-5-7-19(18)10-20)30-25(34)17(2)32-15-22(26)12-29-32/h4-12,14-17,23H,13H2,1-3H3,(H,27,33)(H,30,34). The van der Waals surface area contributed by atoms with Crippen LogP contribution in [0.3, 0.4) is 0 Å². The second-order valence-electron chi connectivity index (χ2n) is 8.40. The normalized spacial score (nSPS) is 13.9. The number of fused-ring (bicyclic) bond motifs is 1. The van der Waals surface area contributed by atoms with E-state index in [1.807, 2.05) is 62.6 Å². The van der Waals surface area contributed by atoms with Gasteiger partial charge in [-0.1, -0.05) is 48.0 Å². The predicted molar refractivity (Wildman–Crippen MR) is 131 cm³/mol. The Morgan fingerprint density at radius 2 is 1.74 bits per heavy atom. The molecule has 0 saturated carbocycles. The maximum absolute atomic E-state index is 13.1. The van der Waals surface area contributed by atoms with Gasteiger partial charge in [-0.2, -0.15) is 10.2 Å². The van der Waals surface area contributed by atoms with E-state index in [1.165, 1.54) is 10.9 Å². The Bertz CT molecular complexity index is 1310. The number of aromatic nitrogens is 4. The molecule has 2 N–H and O–H groups in total. The van der Waals surface area contributed by atoms with E-state index in [-0.39, 0.29) is 24.3 Å². The fourth-order valence-electron chi connectivity index (χ4n) is 3.79. The Morgan fingerprint density at radius 3 is 2.41 bits per heavy atom. The summed E-state index contributed by atoms with van der Waals surface area (Å²) in [6.45, 7) is 3.82. The number of rotatable bonds is 8. The maximum Gasteiger partial charge on any atom is 0.245 e.